The standard InChI is InChI=1S/C11H11NO4/c1-16-11(15)8-6-7(2-4-9(8)12)3-5-10(13)14/h2-6H,12H2,1H3,(H,13,14). The molecule has 5 nitrogen and oxygen atoms in total. The van der Waals surface area contributed by atoms with Crippen molar-refractivity contribution in [3.05, 3.63) is 35.4 Å². The number of rotatable bonds is 3. The predicted octanol–water partition coefficient (Wildman–Crippen LogP) is 1.15. The molecule has 0 amide bonds. The molecule has 0 aromatic heterocycles. The molecule has 1 rings (SSSR count). The Labute approximate surface area is 92.1 Å². The van der Waals surface area contributed by atoms with E-state index in [0.717, 1.165) is 6.08 Å². The second kappa shape index (κ2) is 4.97. The number of nitrogen functional groups attached to an aromatic ring is 1. The average molecular weight is 221 g/mol. The van der Waals surface area contributed by atoms with Gasteiger partial charge in [0.25, 0.3) is 0 Å². The maximum absolute atomic E-state index is 11.3. The molecule has 0 spiro atoms. The third-order valence-corrected chi connectivity index (χ3v) is 1.90. The maximum Gasteiger partial charge on any atom is 0.339 e. The van der Waals surface area contributed by atoms with Crippen molar-refractivity contribution in [2.45, 2.75) is 0 Å². The molecule has 1 aromatic carbocycles. The first kappa shape index (κ1) is 11.8. The third-order valence-electron chi connectivity index (χ3n) is 1.90. The molecular formula is C11H11NO4. The van der Waals surface area contributed by atoms with E-state index in [9.17, 15) is 9.59 Å². The minimum atomic E-state index is -1.06. The van der Waals surface area contributed by atoms with E-state index in [4.69, 9.17) is 10.8 Å². The summed E-state index contributed by atoms with van der Waals surface area (Å²) in [5.74, 6) is -1.61. The normalized spacial score (nSPS) is 10.3. The number of carboxylic acids is 1. The highest BCUT2D eigenvalue weighted by Crippen LogP contribution is 2.16. The first-order chi connectivity index (χ1) is 7.54. The Bertz CT molecular complexity index is 451. The van der Waals surface area contributed by atoms with Crippen molar-refractivity contribution in [3.63, 3.8) is 0 Å². The van der Waals surface area contributed by atoms with Crippen LogP contribution in [-0.2, 0) is 9.53 Å². The molecule has 0 radical (unpaired) electrons. The van der Waals surface area contributed by atoms with Crippen molar-refractivity contribution in [1.29, 1.82) is 0 Å². The van der Waals surface area contributed by atoms with E-state index in [1.807, 2.05) is 0 Å². The van der Waals surface area contributed by atoms with Gasteiger partial charge in [0.05, 0.1) is 12.7 Å². The lowest BCUT2D eigenvalue weighted by Gasteiger charge is -2.04. The first-order valence-electron chi connectivity index (χ1n) is 4.43. The number of aliphatic carboxylic acids is 1. The SMILES string of the molecule is COC(=O)c1cc(C=CC(=O)O)ccc1N. The van der Waals surface area contributed by atoms with Gasteiger partial charge in [-0.3, -0.25) is 0 Å². The number of methoxy groups -OCH3 is 1. The zero-order chi connectivity index (χ0) is 12.1. The zero-order valence-corrected chi connectivity index (χ0v) is 8.64. The van der Waals surface area contributed by atoms with E-state index in [2.05, 4.69) is 4.74 Å². The summed E-state index contributed by atoms with van der Waals surface area (Å²) in [4.78, 5) is 21.6. The second-order valence-electron chi connectivity index (χ2n) is 3.01. The minimum Gasteiger partial charge on any atom is -0.478 e. The summed E-state index contributed by atoms with van der Waals surface area (Å²) in [5.41, 5.74) is 6.66. The lowest BCUT2D eigenvalue weighted by atomic mass is 10.1. The van der Waals surface area contributed by atoms with Crippen molar-refractivity contribution in [1.82, 2.24) is 0 Å². The van der Waals surface area contributed by atoms with Gasteiger partial charge in [0.15, 0.2) is 0 Å². The summed E-state index contributed by atoms with van der Waals surface area (Å²) in [7, 11) is 1.25. The van der Waals surface area contributed by atoms with Gasteiger partial charge in [0, 0.05) is 11.8 Å². The van der Waals surface area contributed by atoms with Gasteiger partial charge in [0.1, 0.15) is 0 Å². The molecule has 0 aliphatic heterocycles. The van der Waals surface area contributed by atoms with Crippen LogP contribution in [0.3, 0.4) is 0 Å². The van der Waals surface area contributed by atoms with E-state index < -0.39 is 11.9 Å². The number of hydrogen-bond acceptors (Lipinski definition) is 4. The molecule has 16 heavy (non-hydrogen) atoms. The molecule has 0 heterocycles. The highest BCUT2D eigenvalue weighted by Gasteiger charge is 2.09. The number of esters is 1. The number of carbonyl (C=O) groups is 2. The summed E-state index contributed by atoms with van der Waals surface area (Å²) >= 11 is 0. The van der Waals surface area contributed by atoms with Crippen LogP contribution in [0.1, 0.15) is 15.9 Å². The van der Waals surface area contributed by atoms with Crippen LogP contribution in [-0.4, -0.2) is 24.2 Å². The third kappa shape index (κ3) is 2.84. The molecule has 0 aliphatic carbocycles. The van der Waals surface area contributed by atoms with Crippen molar-refractivity contribution >= 4 is 23.7 Å². The fourth-order valence-corrected chi connectivity index (χ4v) is 1.13. The van der Waals surface area contributed by atoms with Crippen LogP contribution in [0.25, 0.3) is 6.08 Å². The number of anilines is 1. The number of benzene rings is 1. The molecular weight excluding hydrogens is 210 g/mol. The summed E-state index contributed by atoms with van der Waals surface area (Å²) < 4.78 is 4.54. The molecule has 1 aromatic rings. The molecule has 0 atom stereocenters. The zero-order valence-electron chi connectivity index (χ0n) is 8.64. The van der Waals surface area contributed by atoms with Gasteiger partial charge < -0.3 is 15.6 Å². The Kier molecular flexibility index (Phi) is 3.66. The quantitative estimate of drug-likeness (QED) is 0.454. The van der Waals surface area contributed by atoms with E-state index in [-0.39, 0.29) is 5.56 Å². The Morgan fingerprint density at radius 1 is 1.44 bits per heavy atom. The van der Waals surface area contributed by atoms with Crippen LogP contribution in [0.2, 0.25) is 0 Å². The van der Waals surface area contributed by atoms with E-state index in [1.54, 1.807) is 6.07 Å². The van der Waals surface area contributed by atoms with Gasteiger partial charge in [0.2, 0.25) is 0 Å². The highest BCUT2D eigenvalue weighted by molar-refractivity contribution is 5.96. The smallest absolute Gasteiger partial charge is 0.339 e. The lowest BCUT2D eigenvalue weighted by molar-refractivity contribution is -0.131. The van der Waals surface area contributed by atoms with Gasteiger partial charge in [-0.2, -0.15) is 0 Å². The summed E-state index contributed by atoms with van der Waals surface area (Å²) in [6.07, 6.45) is 2.35. The van der Waals surface area contributed by atoms with Crippen LogP contribution in [0.15, 0.2) is 24.3 Å². The number of nitrogens with two attached hydrogens (primary N) is 1. The fourth-order valence-electron chi connectivity index (χ4n) is 1.13. The summed E-state index contributed by atoms with van der Waals surface area (Å²) in [6.45, 7) is 0. The van der Waals surface area contributed by atoms with Crippen LogP contribution in [0, 0.1) is 0 Å². The number of hydrogen-bond donors (Lipinski definition) is 2. The molecule has 5 heteroatoms. The highest BCUT2D eigenvalue weighted by atomic mass is 16.5. The van der Waals surface area contributed by atoms with Crippen molar-refractivity contribution in [3.8, 4) is 0 Å². The van der Waals surface area contributed by atoms with Crippen LogP contribution >= 0.6 is 0 Å². The van der Waals surface area contributed by atoms with Gasteiger partial charge in [-0.25, -0.2) is 9.59 Å². The maximum atomic E-state index is 11.3. The van der Waals surface area contributed by atoms with E-state index in [0.29, 0.717) is 11.3 Å². The molecule has 84 valence electrons. The Hall–Kier alpha value is -2.30. The van der Waals surface area contributed by atoms with Crippen molar-refractivity contribution < 1.29 is 19.4 Å². The fraction of sp³-hybridized carbons (Fsp3) is 0.0909. The number of ether oxygens (including phenoxy) is 1. The Morgan fingerprint density at radius 2 is 2.12 bits per heavy atom. The molecule has 0 saturated carbocycles. The molecule has 0 saturated heterocycles. The van der Waals surface area contributed by atoms with Gasteiger partial charge in [-0.05, 0) is 23.8 Å². The first-order valence-corrected chi connectivity index (χ1v) is 4.43. The van der Waals surface area contributed by atoms with Crippen LogP contribution < -0.4 is 5.73 Å². The van der Waals surface area contributed by atoms with E-state index >= 15 is 0 Å². The van der Waals surface area contributed by atoms with Gasteiger partial charge >= 0.3 is 11.9 Å². The molecule has 3 N–H and O–H groups in total. The molecule has 0 fully saturated rings. The Balaban J connectivity index is 3.07. The van der Waals surface area contributed by atoms with Crippen LogP contribution in [0.5, 0.6) is 0 Å². The monoisotopic (exact) mass is 221 g/mol. The van der Waals surface area contributed by atoms with Crippen LogP contribution in [0.4, 0.5) is 5.69 Å². The second-order valence-corrected chi connectivity index (χ2v) is 3.01. The van der Waals surface area contributed by atoms with Crippen molar-refractivity contribution in [2.24, 2.45) is 0 Å². The minimum absolute atomic E-state index is 0.218. The van der Waals surface area contributed by atoms with Crippen molar-refractivity contribution in [2.75, 3.05) is 12.8 Å². The lowest BCUT2D eigenvalue weighted by Crippen LogP contribution is -2.05. The van der Waals surface area contributed by atoms with Gasteiger partial charge in [-0.1, -0.05) is 6.07 Å². The predicted molar refractivity (Wildman–Crippen MR) is 58.9 cm³/mol. The largest absolute Gasteiger partial charge is 0.478 e. The topological polar surface area (TPSA) is 89.6 Å². The average Bonchev–Trinajstić information content (AvgIpc) is 2.27. The van der Waals surface area contributed by atoms with Gasteiger partial charge in [-0.15, -0.1) is 0 Å². The molecule has 0 aliphatic rings. The number of carboxylic acid groups (broad SMARTS) is 1. The molecule has 0 unspecified atom stereocenters. The molecule has 0 bridgehead atoms. The number of carbonyl (C=O) groups excluding carboxylic acids is 1. The Morgan fingerprint density at radius 3 is 2.69 bits per heavy atom. The summed E-state index contributed by atoms with van der Waals surface area (Å²) in [5, 5.41) is 8.45. The van der Waals surface area contributed by atoms with E-state index in [1.165, 1.54) is 25.3 Å². The summed E-state index contributed by atoms with van der Waals surface area (Å²) in [6, 6.07) is 4.61.